The Morgan fingerprint density at radius 1 is 0.304 bits per heavy atom. The molecule has 0 fully saturated rings. The van der Waals surface area contributed by atoms with Crippen molar-refractivity contribution >= 4 is 28.0 Å². The van der Waals surface area contributed by atoms with Crippen molar-refractivity contribution in [1.29, 1.82) is 0 Å². The summed E-state index contributed by atoms with van der Waals surface area (Å²) in [6, 6.07) is 10.0. The summed E-state index contributed by atoms with van der Waals surface area (Å²) in [6.07, 6.45) is 2.28. The predicted octanol–water partition coefficient (Wildman–Crippen LogP) is 8.75. The van der Waals surface area contributed by atoms with Crippen molar-refractivity contribution in [1.82, 2.24) is 0 Å². The summed E-state index contributed by atoms with van der Waals surface area (Å²) in [5.41, 5.74) is -14.3. The van der Waals surface area contributed by atoms with Gasteiger partial charge in [0.15, 0.2) is 69.8 Å². The summed E-state index contributed by atoms with van der Waals surface area (Å²) in [4.78, 5) is 0. The topological polar surface area (TPSA) is 0 Å². The third-order valence-electron chi connectivity index (χ3n) is 7.92. The molecule has 0 radical (unpaired) electrons. The quantitative estimate of drug-likeness (QED) is 0.0558. The van der Waals surface area contributed by atoms with E-state index in [-0.39, 0.29) is 17.1 Å². The fourth-order valence-electron chi connectivity index (χ4n) is 5.59. The Bertz CT molecular complexity index is 1940. The molecule has 0 atom stereocenters. The van der Waals surface area contributed by atoms with Crippen LogP contribution < -0.4 is 21.9 Å². The van der Waals surface area contributed by atoms with Gasteiger partial charge in [0.05, 0.1) is 0 Å². The minimum atomic E-state index is -7.22. The van der Waals surface area contributed by atoms with Crippen molar-refractivity contribution < 1.29 is 105 Å². The van der Waals surface area contributed by atoms with Crippen LogP contribution in [0.2, 0.25) is 0 Å². The van der Waals surface area contributed by atoms with E-state index in [0.717, 1.165) is 6.42 Å². The van der Waals surface area contributed by atoms with Crippen LogP contribution in [0.3, 0.4) is 0 Å². The molecule has 0 nitrogen and oxygen atoms in total. The van der Waals surface area contributed by atoms with E-state index in [1.165, 1.54) is 0 Å². The van der Waals surface area contributed by atoms with Gasteiger partial charge in [-0.15, -0.1) is 21.9 Å². The average Bonchev–Trinajstić information content (AvgIpc) is 3.96. The third kappa shape index (κ3) is 7.19. The zero-order valence-corrected chi connectivity index (χ0v) is 27.5. The molecule has 5 aromatic carbocycles. The molecule has 1 aliphatic rings. The zero-order chi connectivity index (χ0) is 41.4. The van der Waals surface area contributed by atoms with E-state index in [4.69, 9.17) is 0 Å². The molecule has 0 bridgehead atoms. The largest absolute Gasteiger partial charge is 2.00 e. The van der Waals surface area contributed by atoms with Gasteiger partial charge in [0, 0.05) is 0 Å². The van der Waals surface area contributed by atoms with Crippen LogP contribution in [0.1, 0.15) is 6.42 Å². The summed E-state index contributed by atoms with van der Waals surface area (Å²) in [5.74, 6) is -71.4. The van der Waals surface area contributed by atoms with Gasteiger partial charge < -0.3 is 0 Å². The summed E-state index contributed by atoms with van der Waals surface area (Å²) >= 11 is 0. The van der Waals surface area contributed by atoms with Crippen LogP contribution >= 0.6 is 0 Å². The molecular weight excluding hydrogens is 855 g/mol. The van der Waals surface area contributed by atoms with E-state index in [2.05, 4.69) is 24.3 Å². The van der Waals surface area contributed by atoms with Gasteiger partial charge >= 0.3 is 17.1 Å². The fraction of sp³-hybridized carbons (Fsp3) is 0.0294. The van der Waals surface area contributed by atoms with Crippen molar-refractivity contribution in [2.75, 3.05) is 0 Å². The van der Waals surface area contributed by atoms with Gasteiger partial charge in [0.1, 0.15) is 52.7 Å². The molecular formula is C34H11BF20Fe. The molecule has 0 unspecified atom stereocenters. The summed E-state index contributed by atoms with van der Waals surface area (Å²) in [7, 11) is 0. The van der Waals surface area contributed by atoms with Crippen molar-refractivity contribution in [3.8, 4) is 0 Å². The first-order valence-corrected chi connectivity index (χ1v) is 14.4. The number of hydrogen-bond acceptors (Lipinski definition) is 0. The van der Waals surface area contributed by atoms with E-state index >= 15 is 35.1 Å². The van der Waals surface area contributed by atoms with Crippen LogP contribution in [0, 0.1) is 116 Å². The predicted molar refractivity (Wildman–Crippen MR) is 154 cm³/mol. The van der Waals surface area contributed by atoms with Crippen LogP contribution in [-0.2, 0) is 17.1 Å². The molecule has 0 N–H and O–H groups in total. The molecule has 0 saturated heterocycles. The van der Waals surface area contributed by atoms with Crippen molar-refractivity contribution in [3.63, 3.8) is 0 Å². The maximum atomic E-state index is 15.4. The molecule has 0 spiro atoms. The number of halogens is 20. The summed E-state index contributed by atoms with van der Waals surface area (Å²) < 4.78 is 294. The van der Waals surface area contributed by atoms with Crippen molar-refractivity contribution in [3.05, 3.63) is 171 Å². The molecule has 0 aliphatic heterocycles. The minimum Gasteiger partial charge on any atom is -0.214 e. The normalized spacial score (nSPS) is 11.9. The van der Waals surface area contributed by atoms with Crippen LogP contribution in [0.4, 0.5) is 87.8 Å². The first kappa shape index (κ1) is 45.3. The summed E-state index contributed by atoms with van der Waals surface area (Å²) in [6.45, 7) is 0. The van der Waals surface area contributed by atoms with E-state index in [0.29, 0.717) is 0 Å². The van der Waals surface area contributed by atoms with Crippen molar-refractivity contribution in [2.45, 2.75) is 6.42 Å². The Hall–Kier alpha value is -5.11. The molecule has 0 amide bonds. The third-order valence-corrected chi connectivity index (χ3v) is 7.92. The standard InChI is InChI=1S/C24BF20.C5H6.C5H5.Fe/c26-5-1(6(27)14(35)21(42)13(5)34)25(2-7(28)15(36)22(43)16(37)8(2)29,3-9(30)17(38)23(44)18(39)10(3)31)4-11(32)19(40)24(45)20(41)12(4)33;2*1-2-4-5-3-1;/h;1-4H,5H2;1-5H;/q-1;;-1;+2. The van der Waals surface area contributed by atoms with Gasteiger partial charge in [0.2, 0.25) is 0 Å². The van der Waals surface area contributed by atoms with Gasteiger partial charge in [-0.25, -0.2) is 99.9 Å². The Morgan fingerprint density at radius 3 is 0.607 bits per heavy atom. The van der Waals surface area contributed by atoms with E-state index in [9.17, 15) is 52.7 Å². The second kappa shape index (κ2) is 17.4. The fourth-order valence-corrected chi connectivity index (χ4v) is 5.59. The molecule has 22 heteroatoms. The van der Waals surface area contributed by atoms with Gasteiger partial charge in [-0.1, -0.05) is 24.3 Å². The number of benzene rings is 4. The Balaban J connectivity index is 0.000000661. The average molecular weight is 866 g/mol. The van der Waals surface area contributed by atoms with Gasteiger partial charge in [-0.3, -0.25) is 0 Å². The molecule has 0 saturated carbocycles. The Kier molecular flexibility index (Phi) is 14.0. The maximum absolute atomic E-state index is 15.4. The van der Waals surface area contributed by atoms with Crippen LogP contribution in [-0.4, -0.2) is 6.15 Å². The second-order valence-corrected chi connectivity index (χ2v) is 10.9. The van der Waals surface area contributed by atoms with E-state index in [1.54, 1.807) is 0 Å². The second-order valence-electron chi connectivity index (χ2n) is 10.9. The Labute approximate surface area is 310 Å². The number of allylic oxidation sites excluding steroid dienone is 4. The zero-order valence-electron chi connectivity index (χ0n) is 26.4. The molecule has 1 aliphatic carbocycles. The molecule has 298 valence electrons. The van der Waals surface area contributed by atoms with E-state index in [1.807, 2.05) is 30.3 Å². The monoisotopic (exact) mass is 866 g/mol. The smallest absolute Gasteiger partial charge is 0.214 e. The molecule has 0 aromatic heterocycles. The van der Waals surface area contributed by atoms with E-state index < -0.39 is 144 Å². The van der Waals surface area contributed by atoms with Crippen molar-refractivity contribution in [2.24, 2.45) is 0 Å². The van der Waals surface area contributed by atoms with Crippen LogP contribution in [0.25, 0.3) is 0 Å². The first-order valence-electron chi connectivity index (χ1n) is 14.4. The number of hydrogen-bond donors (Lipinski definition) is 0. The van der Waals surface area contributed by atoms with Crippen LogP contribution in [0.15, 0.2) is 54.6 Å². The van der Waals surface area contributed by atoms with Crippen LogP contribution in [0.5, 0.6) is 0 Å². The molecule has 56 heavy (non-hydrogen) atoms. The molecule has 0 heterocycles. The van der Waals surface area contributed by atoms with Gasteiger partial charge in [0.25, 0.3) is 0 Å². The SMILES string of the molecule is C1=CCC=C1.Fc1c(F)c(F)c([B-](c2c(F)c(F)c(F)c(F)c2F)(c2c(F)c(F)c(F)c(F)c2F)c2c(F)c(F)c(F)c(F)c2F)c(F)c1F.[Fe+2].c1cc[cH-]c1. The Morgan fingerprint density at radius 2 is 0.482 bits per heavy atom. The maximum Gasteiger partial charge on any atom is 2.00 e. The molecule has 6 rings (SSSR count). The first-order chi connectivity index (χ1) is 25.7. The molecule has 5 aromatic rings. The summed E-state index contributed by atoms with van der Waals surface area (Å²) in [5, 5.41) is 0. The number of rotatable bonds is 4. The van der Waals surface area contributed by atoms with Gasteiger partial charge in [-0.2, -0.15) is 18.2 Å². The van der Waals surface area contributed by atoms with Gasteiger partial charge in [-0.05, 0) is 6.42 Å². The minimum absolute atomic E-state index is 0.